The van der Waals surface area contributed by atoms with Gasteiger partial charge in [0.25, 0.3) is 5.91 Å². The number of rotatable bonds is 6. The fraction of sp³-hybridized carbons (Fsp3) is 0.222. The van der Waals surface area contributed by atoms with Crippen molar-refractivity contribution in [3.63, 3.8) is 0 Å². The van der Waals surface area contributed by atoms with Crippen molar-refractivity contribution in [3.8, 4) is 0 Å². The summed E-state index contributed by atoms with van der Waals surface area (Å²) in [7, 11) is 3.21. The number of nitrogens with one attached hydrogen (secondary N) is 1. The molecule has 2 amide bonds. The first kappa shape index (κ1) is 18.9. The van der Waals surface area contributed by atoms with Gasteiger partial charge in [-0.15, -0.1) is 11.8 Å². The molecule has 1 N–H and O–H groups in total. The minimum absolute atomic E-state index is 0.0510. The molecule has 2 aromatic rings. The van der Waals surface area contributed by atoms with Gasteiger partial charge in [0.05, 0.1) is 5.75 Å². The zero-order valence-electron chi connectivity index (χ0n) is 13.9. The summed E-state index contributed by atoms with van der Waals surface area (Å²) in [4.78, 5) is 25.4. The van der Waals surface area contributed by atoms with E-state index in [9.17, 15) is 18.4 Å². The Morgan fingerprint density at radius 2 is 1.80 bits per heavy atom. The molecule has 0 bridgehead atoms. The molecule has 2 aromatic carbocycles. The van der Waals surface area contributed by atoms with Gasteiger partial charge in [0.2, 0.25) is 5.91 Å². The maximum absolute atomic E-state index is 13.6. The number of halogens is 2. The molecule has 0 aliphatic heterocycles. The highest BCUT2D eigenvalue weighted by Gasteiger charge is 2.12. The van der Waals surface area contributed by atoms with Crippen molar-refractivity contribution in [1.82, 2.24) is 10.2 Å². The highest BCUT2D eigenvalue weighted by atomic mass is 32.2. The molecule has 0 aromatic heterocycles. The van der Waals surface area contributed by atoms with E-state index in [0.29, 0.717) is 12.1 Å². The molecule has 25 heavy (non-hydrogen) atoms. The van der Waals surface area contributed by atoms with Crippen molar-refractivity contribution in [2.75, 3.05) is 19.8 Å². The van der Waals surface area contributed by atoms with Crippen LogP contribution in [0.15, 0.2) is 47.4 Å². The van der Waals surface area contributed by atoms with Crippen LogP contribution >= 0.6 is 11.8 Å². The zero-order chi connectivity index (χ0) is 18.4. The van der Waals surface area contributed by atoms with Crippen LogP contribution in [0.2, 0.25) is 0 Å². The molecule has 7 heteroatoms. The standard InChI is InChI=1S/C18H18F2N2O2S/c1-21-18(24)13-5-3-12(4-6-13)10-22(2)17(23)11-25-16-8-7-14(19)9-15(16)20/h3-9H,10-11H2,1-2H3,(H,21,24). The highest BCUT2D eigenvalue weighted by Crippen LogP contribution is 2.22. The van der Waals surface area contributed by atoms with Crippen LogP contribution in [0.4, 0.5) is 8.78 Å². The molecule has 0 spiro atoms. The molecule has 0 saturated heterocycles. The molecule has 0 atom stereocenters. The largest absolute Gasteiger partial charge is 0.355 e. The molecular formula is C18H18F2N2O2S. The van der Waals surface area contributed by atoms with Crippen LogP contribution in [-0.4, -0.2) is 36.6 Å². The van der Waals surface area contributed by atoms with E-state index in [-0.39, 0.29) is 22.5 Å². The predicted molar refractivity (Wildman–Crippen MR) is 93.4 cm³/mol. The Kier molecular flexibility index (Phi) is 6.52. The Hall–Kier alpha value is -2.41. The number of carbonyl (C=O) groups is 2. The van der Waals surface area contributed by atoms with Gasteiger partial charge in [-0.1, -0.05) is 12.1 Å². The van der Waals surface area contributed by atoms with Gasteiger partial charge in [-0.05, 0) is 29.8 Å². The number of hydrogen-bond donors (Lipinski definition) is 1. The Labute approximate surface area is 149 Å². The Morgan fingerprint density at radius 3 is 2.40 bits per heavy atom. The first-order chi connectivity index (χ1) is 11.9. The quantitative estimate of drug-likeness (QED) is 0.802. The fourth-order valence-corrected chi connectivity index (χ4v) is 2.97. The third-order valence-corrected chi connectivity index (χ3v) is 4.57. The molecule has 0 heterocycles. The predicted octanol–water partition coefficient (Wildman–Crippen LogP) is 3.08. The summed E-state index contributed by atoms with van der Waals surface area (Å²) in [5, 5.41) is 2.54. The van der Waals surface area contributed by atoms with Gasteiger partial charge in [-0.3, -0.25) is 9.59 Å². The van der Waals surface area contributed by atoms with Gasteiger partial charge in [0, 0.05) is 37.2 Å². The molecule has 0 aliphatic rings. The molecule has 4 nitrogen and oxygen atoms in total. The monoisotopic (exact) mass is 364 g/mol. The lowest BCUT2D eigenvalue weighted by Gasteiger charge is -2.17. The van der Waals surface area contributed by atoms with Gasteiger partial charge in [0.15, 0.2) is 0 Å². The Bertz CT molecular complexity index is 766. The second-order valence-electron chi connectivity index (χ2n) is 5.39. The van der Waals surface area contributed by atoms with Crippen molar-refractivity contribution in [3.05, 3.63) is 65.2 Å². The SMILES string of the molecule is CNC(=O)c1ccc(CN(C)C(=O)CSc2ccc(F)cc2F)cc1. The Morgan fingerprint density at radius 1 is 1.12 bits per heavy atom. The van der Waals surface area contributed by atoms with Gasteiger partial charge in [-0.25, -0.2) is 8.78 Å². The lowest BCUT2D eigenvalue weighted by molar-refractivity contribution is -0.127. The third-order valence-electron chi connectivity index (χ3n) is 3.53. The third kappa shape index (κ3) is 5.29. The van der Waals surface area contributed by atoms with Crippen molar-refractivity contribution in [2.24, 2.45) is 0 Å². The van der Waals surface area contributed by atoms with E-state index in [4.69, 9.17) is 0 Å². The maximum atomic E-state index is 13.6. The summed E-state index contributed by atoms with van der Waals surface area (Å²) < 4.78 is 26.4. The van der Waals surface area contributed by atoms with Crippen molar-refractivity contribution < 1.29 is 18.4 Å². The van der Waals surface area contributed by atoms with Crippen molar-refractivity contribution in [1.29, 1.82) is 0 Å². The minimum Gasteiger partial charge on any atom is -0.355 e. The fourth-order valence-electron chi connectivity index (χ4n) is 2.11. The summed E-state index contributed by atoms with van der Waals surface area (Å²) in [5.41, 5.74) is 1.42. The summed E-state index contributed by atoms with van der Waals surface area (Å²) in [6, 6.07) is 10.2. The van der Waals surface area contributed by atoms with E-state index in [1.54, 1.807) is 38.4 Å². The van der Waals surface area contributed by atoms with Crippen LogP contribution < -0.4 is 5.32 Å². The minimum atomic E-state index is -0.676. The molecule has 0 aliphatic carbocycles. The summed E-state index contributed by atoms with van der Waals surface area (Å²) in [6.07, 6.45) is 0. The van der Waals surface area contributed by atoms with E-state index < -0.39 is 11.6 Å². The number of hydrogen-bond acceptors (Lipinski definition) is 3. The van der Waals surface area contributed by atoms with E-state index in [1.165, 1.54) is 11.0 Å². The highest BCUT2D eigenvalue weighted by molar-refractivity contribution is 8.00. The zero-order valence-corrected chi connectivity index (χ0v) is 14.7. The van der Waals surface area contributed by atoms with E-state index >= 15 is 0 Å². The molecule has 0 unspecified atom stereocenters. The van der Waals surface area contributed by atoms with Crippen LogP contribution in [-0.2, 0) is 11.3 Å². The van der Waals surface area contributed by atoms with Gasteiger partial charge in [0.1, 0.15) is 11.6 Å². The molecule has 0 radical (unpaired) electrons. The van der Waals surface area contributed by atoms with Crippen LogP contribution in [0.5, 0.6) is 0 Å². The number of carbonyl (C=O) groups excluding carboxylic acids is 2. The van der Waals surface area contributed by atoms with Crippen molar-refractivity contribution in [2.45, 2.75) is 11.4 Å². The van der Waals surface area contributed by atoms with E-state index in [2.05, 4.69) is 5.32 Å². The number of nitrogens with zero attached hydrogens (tertiary/aromatic N) is 1. The van der Waals surface area contributed by atoms with Crippen LogP contribution in [0, 0.1) is 11.6 Å². The summed E-state index contributed by atoms with van der Waals surface area (Å²) in [5.74, 6) is -1.62. The van der Waals surface area contributed by atoms with Gasteiger partial charge < -0.3 is 10.2 Å². The second kappa shape index (κ2) is 8.62. The average Bonchev–Trinajstić information content (AvgIpc) is 2.60. The topological polar surface area (TPSA) is 49.4 Å². The Balaban J connectivity index is 1.90. The summed E-state index contributed by atoms with van der Waals surface area (Å²) in [6.45, 7) is 0.374. The number of thioether (sulfide) groups is 1. The second-order valence-corrected chi connectivity index (χ2v) is 6.41. The number of benzene rings is 2. The molecule has 0 saturated carbocycles. The number of amides is 2. The van der Waals surface area contributed by atoms with E-state index in [1.807, 2.05) is 0 Å². The lowest BCUT2D eigenvalue weighted by Crippen LogP contribution is -2.27. The first-order valence-corrected chi connectivity index (χ1v) is 8.52. The van der Waals surface area contributed by atoms with Gasteiger partial charge >= 0.3 is 0 Å². The van der Waals surface area contributed by atoms with Crippen LogP contribution in [0.1, 0.15) is 15.9 Å². The first-order valence-electron chi connectivity index (χ1n) is 7.53. The average molecular weight is 364 g/mol. The van der Waals surface area contributed by atoms with Gasteiger partial charge in [-0.2, -0.15) is 0 Å². The van der Waals surface area contributed by atoms with Crippen LogP contribution in [0.25, 0.3) is 0 Å². The van der Waals surface area contributed by atoms with E-state index in [0.717, 1.165) is 29.5 Å². The molecular weight excluding hydrogens is 346 g/mol. The lowest BCUT2D eigenvalue weighted by atomic mass is 10.1. The molecule has 2 rings (SSSR count). The smallest absolute Gasteiger partial charge is 0.251 e. The maximum Gasteiger partial charge on any atom is 0.251 e. The normalized spacial score (nSPS) is 10.4. The molecule has 132 valence electrons. The van der Waals surface area contributed by atoms with Crippen LogP contribution in [0.3, 0.4) is 0 Å². The summed E-state index contributed by atoms with van der Waals surface area (Å²) >= 11 is 1.03. The van der Waals surface area contributed by atoms with Crippen molar-refractivity contribution >= 4 is 23.6 Å². The molecule has 0 fully saturated rings.